The number of halogens is 1. The predicted molar refractivity (Wildman–Crippen MR) is 76.4 cm³/mol. The number of benzene rings is 1. The van der Waals surface area contributed by atoms with E-state index in [-0.39, 0.29) is 17.6 Å². The largest absolute Gasteiger partial charge is 0.310 e. The van der Waals surface area contributed by atoms with Crippen LogP contribution in [0.25, 0.3) is 0 Å². The maximum absolute atomic E-state index is 13.2. The Labute approximate surface area is 115 Å². The third kappa shape index (κ3) is 6.68. The highest BCUT2D eigenvalue weighted by atomic mass is 32.2. The molecule has 0 spiro atoms. The first-order valence-electron chi connectivity index (χ1n) is 6.59. The molecule has 5 heteroatoms. The highest BCUT2D eigenvalue weighted by molar-refractivity contribution is 7.90. The Morgan fingerprint density at radius 1 is 1.37 bits per heavy atom. The molecule has 1 unspecified atom stereocenters. The lowest BCUT2D eigenvalue weighted by Gasteiger charge is -2.19. The number of nitrogens with one attached hydrogen (secondary N) is 1. The second kappa shape index (κ2) is 7.60. The zero-order valence-corrected chi connectivity index (χ0v) is 12.3. The molecule has 1 aromatic carbocycles. The lowest BCUT2D eigenvalue weighted by molar-refractivity contribution is 0.489. The van der Waals surface area contributed by atoms with Crippen LogP contribution < -0.4 is 5.32 Å². The van der Waals surface area contributed by atoms with Gasteiger partial charge in [-0.3, -0.25) is 0 Å². The predicted octanol–water partition coefficient (Wildman–Crippen LogP) is 2.69. The Morgan fingerprint density at radius 2 is 2.11 bits per heavy atom. The summed E-state index contributed by atoms with van der Waals surface area (Å²) in [6.45, 7) is 2.90. The van der Waals surface area contributed by atoms with Gasteiger partial charge in [-0.15, -0.1) is 0 Å². The molecule has 1 N–H and O–H groups in total. The molecule has 0 fully saturated rings. The fourth-order valence-corrected chi connectivity index (χ4v) is 2.67. The van der Waals surface area contributed by atoms with Crippen molar-refractivity contribution in [2.24, 2.45) is 0 Å². The summed E-state index contributed by atoms with van der Waals surface area (Å²) in [6, 6.07) is 6.49. The first-order chi connectivity index (χ1) is 8.92. The summed E-state index contributed by atoms with van der Waals surface area (Å²) in [7, 11) is -2.93. The monoisotopic (exact) mass is 287 g/mol. The third-order valence-corrected chi connectivity index (χ3v) is 3.93. The average Bonchev–Trinajstić information content (AvgIpc) is 2.32. The van der Waals surface area contributed by atoms with Crippen molar-refractivity contribution in [2.75, 3.05) is 18.6 Å². The molecule has 1 atom stereocenters. The van der Waals surface area contributed by atoms with Crippen molar-refractivity contribution in [3.8, 4) is 0 Å². The van der Waals surface area contributed by atoms with Gasteiger partial charge in [-0.1, -0.05) is 19.1 Å². The van der Waals surface area contributed by atoms with E-state index in [4.69, 9.17) is 0 Å². The average molecular weight is 287 g/mol. The van der Waals surface area contributed by atoms with E-state index in [2.05, 4.69) is 12.2 Å². The van der Waals surface area contributed by atoms with Crippen LogP contribution in [0.5, 0.6) is 0 Å². The Bertz CT molecular complexity index is 488. The zero-order chi connectivity index (χ0) is 14.3. The summed E-state index contributed by atoms with van der Waals surface area (Å²) in [5.41, 5.74) is 0.877. The highest BCUT2D eigenvalue weighted by Crippen LogP contribution is 2.19. The van der Waals surface area contributed by atoms with Gasteiger partial charge in [0, 0.05) is 18.1 Å². The summed E-state index contributed by atoms with van der Waals surface area (Å²) in [6.07, 6.45) is 3.49. The molecule has 0 amide bonds. The second-order valence-electron chi connectivity index (χ2n) is 4.83. The molecule has 0 aromatic heterocycles. The van der Waals surface area contributed by atoms with Gasteiger partial charge >= 0.3 is 0 Å². The van der Waals surface area contributed by atoms with Crippen molar-refractivity contribution in [2.45, 2.75) is 32.2 Å². The van der Waals surface area contributed by atoms with Gasteiger partial charge in [-0.2, -0.15) is 0 Å². The summed E-state index contributed by atoms with van der Waals surface area (Å²) in [4.78, 5) is 0. The Hall–Kier alpha value is -0.940. The van der Waals surface area contributed by atoms with Gasteiger partial charge in [0.1, 0.15) is 15.7 Å². The van der Waals surface area contributed by atoms with E-state index in [9.17, 15) is 12.8 Å². The summed E-state index contributed by atoms with van der Waals surface area (Å²) in [5, 5.41) is 3.34. The third-order valence-electron chi connectivity index (χ3n) is 2.90. The van der Waals surface area contributed by atoms with Crippen LogP contribution in [0.2, 0.25) is 0 Å². The van der Waals surface area contributed by atoms with Gasteiger partial charge in [0.2, 0.25) is 0 Å². The summed E-state index contributed by atoms with van der Waals surface area (Å²) < 4.78 is 35.5. The summed E-state index contributed by atoms with van der Waals surface area (Å²) in [5.74, 6) is -0.0870. The van der Waals surface area contributed by atoms with E-state index >= 15 is 0 Å². The molecule has 0 aliphatic rings. The molecule has 1 aromatic rings. The zero-order valence-electron chi connectivity index (χ0n) is 11.5. The van der Waals surface area contributed by atoms with E-state index in [1.165, 1.54) is 18.4 Å². The normalized spacial score (nSPS) is 13.4. The molecule has 108 valence electrons. The van der Waals surface area contributed by atoms with Gasteiger partial charge < -0.3 is 5.32 Å². The van der Waals surface area contributed by atoms with Crippen molar-refractivity contribution in [1.82, 2.24) is 5.32 Å². The van der Waals surface area contributed by atoms with Crippen LogP contribution in [0, 0.1) is 5.82 Å². The molecule has 1 rings (SSSR count). The minimum atomic E-state index is -2.93. The standard InChI is InChI=1S/C14H22FNO2S/c1-3-9-16-14(8-5-10-19(2,17)18)12-6-4-7-13(15)11-12/h4,6-7,11,14,16H,3,5,8-10H2,1-2H3. The van der Waals surface area contributed by atoms with Gasteiger partial charge in [0.25, 0.3) is 0 Å². The van der Waals surface area contributed by atoms with Gasteiger partial charge in [0.15, 0.2) is 0 Å². The van der Waals surface area contributed by atoms with E-state index in [1.54, 1.807) is 6.07 Å². The smallest absolute Gasteiger partial charge is 0.147 e. The van der Waals surface area contributed by atoms with Crippen LogP contribution in [0.3, 0.4) is 0 Å². The van der Waals surface area contributed by atoms with Crippen molar-refractivity contribution >= 4 is 9.84 Å². The highest BCUT2D eigenvalue weighted by Gasteiger charge is 2.12. The van der Waals surface area contributed by atoms with Crippen LogP contribution in [0.4, 0.5) is 4.39 Å². The molecule has 0 bridgehead atoms. The molecule has 19 heavy (non-hydrogen) atoms. The van der Waals surface area contributed by atoms with Crippen molar-refractivity contribution in [3.63, 3.8) is 0 Å². The lowest BCUT2D eigenvalue weighted by atomic mass is 10.0. The first kappa shape index (κ1) is 16.1. The molecule has 0 radical (unpaired) electrons. The Morgan fingerprint density at radius 3 is 2.68 bits per heavy atom. The molecular weight excluding hydrogens is 265 g/mol. The maximum atomic E-state index is 13.2. The number of rotatable bonds is 8. The Balaban J connectivity index is 2.66. The Kier molecular flexibility index (Phi) is 6.45. The van der Waals surface area contributed by atoms with E-state index in [1.807, 2.05) is 6.07 Å². The van der Waals surface area contributed by atoms with E-state index < -0.39 is 9.84 Å². The minimum absolute atomic E-state index is 0.0115. The number of hydrogen-bond acceptors (Lipinski definition) is 3. The van der Waals surface area contributed by atoms with Gasteiger partial charge in [-0.25, -0.2) is 12.8 Å². The maximum Gasteiger partial charge on any atom is 0.147 e. The van der Waals surface area contributed by atoms with Gasteiger partial charge in [0.05, 0.1) is 0 Å². The molecule has 0 aliphatic heterocycles. The number of sulfone groups is 1. The van der Waals surface area contributed by atoms with E-state index in [0.29, 0.717) is 12.8 Å². The molecule has 0 aliphatic carbocycles. The lowest BCUT2D eigenvalue weighted by Crippen LogP contribution is -2.23. The summed E-state index contributed by atoms with van der Waals surface area (Å²) >= 11 is 0. The minimum Gasteiger partial charge on any atom is -0.310 e. The molecular formula is C14H22FNO2S. The molecule has 0 saturated carbocycles. The fourth-order valence-electron chi connectivity index (χ4n) is 1.98. The van der Waals surface area contributed by atoms with Crippen LogP contribution in [0.1, 0.15) is 37.8 Å². The SMILES string of the molecule is CCCNC(CCCS(C)(=O)=O)c1cccc(F)c1. The van der Waals surface area contributed by atoms with Gasteiger partial charge in [-0.05, 0) is 43.5 Å². The molecule has 0 heterocycles. The van der Waals surface area contributed by atoms with E-state index in [0.717, 1.165) is 18.5 Å². The second-order valence-corrected chi connectivity index (χ2v) is 7.09. The quantitative estimate of drug-likeness (QED) is 0.799. The van der Waals surface area contributed by atoms with Crippen LogP contribution in [0.15, 0.2) is 24.3 Å². The topological polar surface area (TPSA) is 46.2 Å². The molecule has 3 nitrogen and oxygen atoms in total. The van der Waals surface area contributed by atoms with Crippen LogP contribution in [-0.4, -0.2) is 27.0 Å². The van der Waals surface area contributed by atoms with Crippen molar-refractivity contribution in [3.05, 3.63) is 35.6 Å². The van der Waals surface area contributed by atoms with Crippen molar-refractivity contribution in [1.29, 1.82) is 0 Å². The van der Waals surface area contributed by atoms with Crippen LogP contribution >= 0.6 is 0 Å². The fraction of sp³-hybridized carbons (Fsp3) is 0.571. The van der Waals surface area contributed by atoms with Crippen LogP contribution in [-0.2, 0) is 9.84 Å². The molecule has 0 saturated heterocycles. The first-order valence-corrected chi connectivity index (χ1v) is 8.65. The van der Waals surface area contributed by atoms with Crippen molar-refractivity contribution < 1.29 is 12.8 Å². The number of hydrogen-bond donors (Lipinski definition) is 1.